The highest BCUT2D eigenvalue weighted by atomic mass is 35.5. The Bertz CT molecular complexity index is 490. The maximum absolute atomic E-state index is 13.1. The van der Waals surface area contributed by atoms with Crippen molar-refractivity contribution in [2.75, 3.05) is 11.5 Å². The summed E-state index contributed by atoms with van der Waals surface area (Å²) < 4.78 is 28.9. The molecule has 0 atom stereocenters. The van der Waals surface area contributed by atoms with Crippen LogP contribution < -0.4 is 0 Å². The molecule has 2 rings (SSSR count). The summed E-state index contributed by atoms with van der Waals surface area (Å²) in [6, 6.07) is 2.68. The lowest BCUT2D eigenvalue weighted by Gasteiger charge is -2.17. The van der Waals surface area contributed by atoms with E-state index in [0.717, 1.165) is 6.42 Å². The zero-order valence-electron chi connectivity index (χ0n) is 7.67. The maximum Gasteiger partial charge on any atom is 0.160 e. The van der Waals surface area contributed by atoms with Crippen molar-refractivity contribution in [1.29, 1.82) is 0 Å². The van der Waals surface area contributed by atoms with Gasteiger partial charge >= 0.3 is 0 Å². The first-order valence-electron chi connectivity index (χ1n) is 4.37. The smallest absolute Gasteiger partial charge is 0.160 e. The van der Waals surface area contributed by atoms with Crippen molar-refractivity contribution in [2.24, 2.45) is 4.36 Å². The summed E-state index contributed by atoms with van der Waals surface area (Å²) in [6.07, 6.45) is 0.922. The van der Waals surface area contributed by atoms with Gasteiger partial charge in [0.15, 0.2) is 5.82 Å². The Kier molecular flexibility index (Phi) is 2.92. The lowest BCUT2D eigenvalue weighted by molar-refractivity contribution is 0.628. The van der Waals surface area contributed by atoms with Crippen LogP contribution in [-0.4, -0.2) is 15.7 Å². The van der Waals surface area contributed by atoms with Crippen LogP contribution in [0.15, 0.2) is 16.5 Å². The second-order valence-corrected chi connectivity index (χ2v) is 6.71. The summed E-state index contributed by atoms with van der Waals surface area (Å²) in [5.74, 6) is 0.528. The van der Waals surface area contributed by atoms with Crippen molar-refractivity contribution in [2.45, 2.75) is 6.42 Å². The number of benzene rings is 1. The van der Waals surface area contributed by atoms with Gasteiger partial charge in [-0.2, -0.15) is 4.36 Å². The Morgan fingerprint density at radius 3 is 2.20 bits per heavy atom. The Labute approximate surface area is 97.6 Å². The maximum atomic E-state index is 13.1. The first kappa shape index (κ1) is 11.2. The summed E-state index contributed by atoms with van der Waals surface area (Å²) in [5, 5.41) is -0.188. The lowest BCUT2D eigenvalue weighted by Crippen LogP contribution is -2.22. The third-order valence-corrected chi connectivity index (χ3v) is 5.11. The molecule has 1 aromatic rings. The van der Waals surface area contributed by atoms with Gasteiger partial charge in [-0.15, -0.1) is 0 Å². The number of hydrogen-bond acceptors (Lipinski definition) is 2. The lowest BCUT2D eigenvalue weighted by atomic mass is 10.3. The van der Waals surface area contributed by atoms with Gasteiger partial charge in [0.2, 0.25) is 0 Å². The summed E-state index contributed by atoms with van der Waals surface area (Å²) in [5.41, 5.74) is 0.385. The van der Waals surface area contributed by atoms with Crippen LogP contribution in [0.1, 0.15) is 6.42 Å². The number of halogens is 3. The SMILES string of the molecule is O=S1(=Nc2cc(Cl)c(F)c(Cl)c2)CCC1. The van der Waals surface area contributed by atoms with E-state index in [-0.39, 0.29) is 10.0 Å². The van der Waals surface area contributed by atoms with E-state index < -0.39 is 15.5 Å². The van der Waals surface area contributed by atoms with Crippen molar-refractivity contribution in [3.05, 3.63) is 28.0 Å². The molecule has 1 fully saturated rings. The van der Waals surface area contributed by atoms with E-state index in [0.29, 0.717) is 17.2 Å². The molecule has 0 unspecified atom stereocenters. The average Bonchev–Trinajstić information content (AvgIpc) is 2.11. The monoisotopic (exact) mass is 267 g/mol. The van der Waals surface area contributed by atoms with Gasteiger partial charge in [0.1, 0.15) is 0 Å². The zero-order valence-corrected chi connectivity index (χ0v) is 10.0. The van der Waals surface area contributed by atoms with Crippen LogP contribution in [0.25, 0.3) is 0 Å². The quantitative estimate of drug-likeness (QED) is 0.715. The highest BCUT2D eigenvalue weighted by Gasteiger charge is 2.19. The van der Waals surface area contributed by atoms with Crippen molar-refractivity contribution < 1.29 is 8.60 Å². The Hall–Kier alpha value is -0.320. The first-order valence-corrected chi connectivity index (χ1v) is 6.98. The molecule has 1 heterocycles. The summed E-state index contributed by atoms with van der Waals surface area (Å²) in [7, 11) is -2.10. The minimum atomic E-state index is -2.10. The standard InChI is InChI=1S/C9H8Cl2FNOS/c10-7-4-6(5-8(11)9(7)12)13-15(14)2-1-3-15/h4-5H,1-3H2. The molecule has 0 amide bonds. The summed E-state index contributed by atoms with van der Waals surface area (Å²) in [6.45, 7) is 0. The molecule has 0 bridgehead atoms. The largest absolute Gasteiger partial charge is 0.249 e. The molecule has 1 saturated heterocycles. The van der Waals surface area contributed by atoms with E-state index in [1.165, 1.54) is 12.1 Å². The summed E-state index contributed by atoms with van der Waals surface area (Å²) in [4.78, 5) is 0. The van der Waals surface area contributed by atoms with E-state index in [1.54, 1.807) is 0 Å². The molecule has 1 aliphatic heterocycles. The fraction of sp³-hybridized carbons (Fsp3) is 0.333. The molecule has 0 aliphatic carbocycles. The molecule has 0 N–H and O–H groups in total. The second kappa shape index (κ2) is 3.92. The van der Waals surface area contributed by atoms with Gasteiger partial charge in [0.05, 0.1) is 25.5 Å². The van der Waals surface area contributed by atoms with Crippen molar-refractivity contribution in [3.63, 3.8) is 0 Å². The van der Waals surface area contributed by atoms with E-state index in [9.17, 15) is 8.60 Å². The van der Waals surface area contributed by atoms with Gasteiger partial charge in [-0.3, -0.25) is 0 Å². The molecule has 0 spiro atoms. The van der Waals surface area contributed by atoms with E-state index in [2.05, 4.69) is 4.36 Å². The molecule has 1 aromatic carbocycles. The van der Waals surface area contributed by atoms with Crippen LogP contribution in [0, 0.1) is 5.82 Å². The fourth-order valence-electron chi connectivity index (χ4n) is 1.27. The fourth-order valence-corrected chi connectivity index (χ4v) is 3.20. The van der Waals surface area contributed by atoms with Crippen LogP contribution in [0.4, 0.5) is 10.1 Å². The molecule has 1 aliphatic rings. The normalized spacial score (nSPS) is 18.3. The topological polar surface area (TPSA) is 29.4 Å². The first-order chi connectivity index (χ1) is 7.00. The van der Waals surface area contributed by atoms with Crippen LogP contribution >= 0.6 is 23.2 Å². The Morgan fingerprint density at radius 2 is 1.80 bits per heavy atom. The van der Waals surface area contributed by atoms with Gasteiger partial charge in [-0.25, -0.2) is 8.60 Å². The van der Waals surface area contributed by atoms with Crippen molar-refractivity contribution >= 4 is 38.6 Å². The minimum absolute atomic E-state index is 0.0939. The number of hydrogen-bond donors (Lipinski definition) is 0. The molecule has 0 radical (unpaired) electrons. The Morgan fingerprint density at radius 1 is 1.27 bits per heavy atom. The molecule has 15 heavy (non-hydrogen) atoms. The van der Waals surface area contributed by atoms with Gasteiger partial charge in [0, 0.05) is 11.5 Å². The number of rotatable bonds is 1. The van der Waals surface area contributed by atoms with Crippen LogP contribution in [0.3, 0.4) is 0 Å². The molecule has 0 aromatic heterocycles. The van der Waals surface area contributed by atoms with Gasteiger partial charge in [-0.1, -0.05) is 23.2 Å². The predicted octanol–water partition coefficient (Wildman–Crippen LogP) is 3.64. The average molecular weight is 268 g/mol. The van der Waals surface area contributed by atoms with Crippen molar-refractivity contribution in [1.82, 2.24) is 0 Å². The number of nitrogens with zero attached hydrogens (tertiary/aromatic N) is 1. The van der Waals surface area contributed by atoms with Crippen molar-refractivity contribution in [3.8, 4) is 0 Å². The third-order valence-electron chi connectivity index (χ3n) is 2.17. The molecular formula is C9H8Cl2FNOS. The van der Waals surface area contributed by atoms with Gasteiger partial charge < -0.3 is 0 Å². The van der Waals surface area contributed by atoms with Crippen LogP contribution in [0.2, 0.25) is 10.0 Å². The molecular weight excluding hydrogens is 260 g/mol. The molecule has 82 valence electrons. The molecule has 6 heteroatoms. The molecule has 2 nitrogen and oxygen atoms in total. The van der Waals surface area contributed by atoms with E-state index in [1.807, 2.05) is 0 Å². The van der Waals surface area contributed by atoms with Gasteiger partial charge in [-0.05, 0) is 18.6 Å². The molecule has 0 saturated carbocycles. The summed E-state index contributed by atoms with van der Waals surface area (Å²) >= 11 is 11.2. The van der Waals surface area contributed by atoms with Crippen LogP contribution in [-0.2, 0) is 9.73 Å². The van der Waals surface area contributed by atoms with Gasteiger partial charge in [0.25, 0.3) is 0 Å². The second-order valence-electron chi connectivity index (χ2n) is 3.35. The predicted molar refractivity (Wildman–Crippen MR) is 61.0 cm³/mol. The van der Waals surface area contributed by atoms with Crippen LogP contribution in [0.5, 0.6) is 0 Å². The zero-order chi connectivity index (χ0) is 11.1. The third kappa shape index (κ3) is 2.27. The van der Waals surface area contributed by atoms with E-state index >= 15 is 0 Å². The highest BCUT2D eigenvalue weighted by molar-refractivity contribution is 7.95. The Balaban J connectivity index is 2.47. The minimum Gasteiger partial charge on any atom is -0.249 e. The van der Waals surface area contributed by atoms with E-state index in [4.69, 9.17) is 23.2 Å². The highest BCUT2D eigenvalue weighted by Crippen LogP contribution is 2.30.